The van der Waals surface area contributed by atoms with Crippen molar-refractivity contribution in [3.05, 3.63) is 24.3 Å². The molecule has 0 aliphatic carbocycles. The normalized spacial score (nSPS) is 19.0. The number of carbonyl (C=O) groups is 2. The van der Waals surface area contributed by atoms with Crippen LogP contribution in [0, 0.1) is 0 Å². The Bertz CT molecular complexity index is 551. The molecular formula is C17H22N2O3. The van der Waals surface area contributed by atoms with E-state index in [-0.39, 0.29) is 18.4 Å². The van der Waals surface area contributed by atoms with Crippen molar-refractivity contribution in [2.24, 2.45) is 0 Å². The first-order valence-electron chi connectivity index (χ1n) is 8.06. The van der Waals surface area contributed by atoms with Crippen molar-refractivity contribution in [3.8, 4) is 5.75 Å². The van der Waals surface area contributed by atoms with E-state index in [9.17, 15) is 9.59 Å². The highest BCUT2D eigenvalue weighted by Crippen LogP contribution is 2.30. The lowest BCUT2D eigenvalue weighted by Crippen LogP contribution is -2.43. The SMILES string of the molecule is O=C(CN1C(=O)CCOc2ccccc21)N1CCCCCC1. The van der Waals surface area contributed by atoms with Gasteiger partial charge in [0, 0.05) is 13.1 Å². The summed E-state index contributed by atoms with van der Waals surface area (Å²) in [6.07, 6.45) is 4.78. The van der Waals surface area contributed by atoms with Gasteiger partial charge in [-0.15, -0.1) is 0 Å². The molecule has 118 valence electrons. The first kappa shape index (κ1) is 14.9. The van der Waals surface area contributed by atoms with Gasteiger partial charge in [-0.05, 0) is 25.0 Å². The van der Waals surface area contributed by atoms with Gasteiger partial charge in [-0.3, -0.25) is 14.5 Å². The summed E-state index contributed by atoms with van der Waals surface area (Å²) in [5.41, 5.74) is 0.702. The van der Waals surface area contributed by atoms with E-state index in [1.165, 1.54) is 12.8 Å². The summed E-state index contributed by atoms with van der Waals surface area (Å²) in [5.74, 6) is 0.664. The number of anilines is 1. The van der Waals surface area contributed by atoms with Crippen LogP contribution in [0.4, 0.5) is 5.69 Å². The average Bonchev–Trinajstić information content (AvgIpc) is 2.88. The third-order valence-corrected chi connectivity index (χ3v) is 4.28. The highest BCUT2D eigenvalue weighted by atomic mass is 16.5. The van der Waals surface area contributed by atoms with Crippen molar-refractivity contribution >= 4 is 17.5 Å². The molecule has 0 unspecified atom stereocenters. The molecule has 2 aliphatic rings. The monoisotopic (exact) mass is 302 g/mol. The molecule has 1 aromatic rings. The summed E-state index contributed by atoms with van der Waals surface area (Å²) in [6.45, 7) is 2.08. The second kappa shape index (κ2) is 6.81. The van der Waals surface area contributed by atoms with E-state index in [0.717, 1.165) is 25.9 Å². The maximum Gasteiger partial charge on any atom is 0.242 e. The van der Waals surface area contributed by atoms with Crippen molar-refractivity contribution in [3.63, 3.8) is 0 Å². The number of rotatable bonds is 2. The van der Waals surface area contributed by atoms with Crippen LogP contribution in [-0.2, 0) is 9.59 Å². The number of hydrogen-bond donors (Lipinski definition) is 0. The Morgan fingerprint density at radius 1 is 1.09 bits per heavy atom. The Labute approximate surface area is 130 Å². The first-order valence-corrected chi connectivity index (χ1v) is 8.06. The Kier molecular flexibility index (Phi) is 4.61. The molecule has 0 aromatic heterocycles. The molecule has 3 rings (SSSR count). The average molecular weight is 302 g/mol. The number of likely N-dealkylation sites (tertiary alicyclic amines) is 1. The van der Waals surface area contributed by atoms with Gasteiger partial charge in [0.15, 0.2) is 0 Å². The number of hydrogen-bond acceptors (Lipinski definition) is 3. The number of carbonyl (C=O) groups excluding carboxylic acids is 2. The largest absolute Gasteiger partial charge is 0.491 e. The van der Waals surface area contributed by atoms with E-state index in [1.54, 1.807) is 4.90 Å². The predicted molar refractivity (Wildman–Crippen MR) is 84.0 cm³/mol. The Hall–Kier alpha value is -2.04. The van der Waals surface area contributed by atoms with Crippen molar-refractivity contribution in [1.29, 1.82) is 0 Å². The van der Waals surface area contributed by atoms with Gasteiger partial charge in [0.05, 0.1) is 18.7 Å². The second-order valence-corrected chi connectivity index (χ2v) is 5.84. The van der Waals surface area contributed by atoms with Gasteiger partial charge in [-0.25, -0.2) is 0 Å². The lowest BCUT2D eigenvalue weighted by Gasteiger charge is -2.26. The number of ether oxygens (including phenoxy) is 1. The molecule has 1 fully saturated rings. The fraction of sp³-hybridized carbons (Fsp3) is 0.529. The molecular weight excluding hydrogens is 280 g/mol. The zero-order valence-electron chi connectivity index (χ0n) is 12.8. The molecule has 0 spiro atoms. The van der Waals surface area contributed by atoms with Gasteiger partial charge >= 0.3 is 0 Å². The van der Waals surface area contributed by atoms with Crippen molar-refractivity contribution in [2.45, 2.75) is 32.1 Å². The van der Waals surface area contributed by atoms with Crippen LogP contribution in [0.3, 0.4) is 0 Å². The van der Waals surface area contributed by atoms with Gasteiger partial charge in [0.2, 0.25) is 11.8 Å². The topological polar surface area (TPSA) is 49.9 Å². The minimum atomic E-state index is -0.0480. The van der Waals surface area contributed by atoms with Crippen molar-refractivity contribution in [1.82, 2.24) is 4.90 Å². The van der Waals surface area contributed by atoms with E-state index in [4.69, 9.17) is 4.74 Å². The van der Waals surface area contributed by atoms with Gasteiger partial charge in [0.1, 0.15) is 12.3 Å². The lowest BCUT2D eigenvalue weighted by atomic mass is 10.2. The van der Waals surface area contributed by atoms with E-state index in [0.29, 0.717) is 24.5 Å². The summed E-state index contributed by atoms with van der Waals surface area (Å²) < 4.78 is 5.61. The predicted octanol–water partition coefficient (Wildman–Crippen LogP) is 2.20. The third-order valence-electron chi connectivity index (χ3n) is 4.28. The van der Waals surface area contributed by atoms with Crippen LogP contribution in [0.2, 0.25) is 0 Å². The van der Waals surface area contributed by atoms with Crippen LogP contribution >= 0.6 is 0 Å². The molecule has 0 N–H and O–H groups in total. The lowest BCUT2D eigenvalue weighted by molar-refractivity contribution is -0.131. The van der Waals surface area contributed by atoms with Gasteiger partial charge in [0.25, 0.3) is 0 Å². The molecule has 0 bridgehead atoms. The van der Waals surface area contributed by atoms with Crippen LogP contribution in [0.15, 0.2) is 24.3 Å². The minimum Gasteiger partial charge on any atom is -0.491 e. The standard InChI is InChI=1S/C17H22N2O3/c20-16-9-12-22-15-8-4-3-7-14(15)19(16)13-17(21)18-10-5-1-2-6-11-18/h3-4,7-8H,1-2,5-6,9-13H2. The highest BCUT2D eigenvalue weighted by molar-refractivity contribution is 6.00. The fourth-order valence-electron chi connectivity index (χ4n) is 3.05. The second-order valence-electron chi connectivity index (χ2n) is 5.84. The highest BCUT2D eigenvalue weighted by Gasteiger charge is 2.27. The molecule has 2 heterocycles. The number of nitrogens with zero attached hydrogens (tertiary/aromatic N) is 2. The van der Waals surface area contributed by atoms with Gasteiger partial charge in [-0.2, -0.15) is 0 Å². The number of fused-ring (bicyclic) bond motifs is 1. The number of benzene rings is 1. The first-order chi connectivity index (χ1) is 10.8. The fourth-order valence-corrected chi connectivity index (χ4v) is 3.05. The van der Waals surface area contributed by atoms with Crippen LogP contribution < -0.4 is 9.64 Å². The van der Waals surface area contributed by atoms with Crippen LogP contribution in [0.5, 0.6) is 5.75 Å². The Morgan fingerprint density at radius 2 is 1.82 bits per heavy atom. The minimum absolute atomic E-state index is 0.0342. The summed E-state index contributed by atoms with van der Waals surface area (Å²) in [5, 5.41) is 0. The molecule has 2 amide bonds. The molecule has 0 radical (unpaired) electrons. The molecule has 1 saturated heterocycles. The van der Waals surface area contributed by atoms with Gasteiger partial charge in [-0.1, -0.05) is 25.0 Å². The summed E-state index contributed by atoms with van der Waals surface area (Å²) in [4.78, 5) is 28.4. The molecule has 5 nitrogen and oxygen atoms in total. The maximum atomic E-state index is 12.6. The van der Waals surface area contributed by atoms with Crippen LogP contribution in [0.25, 0.3) is 0 Å². The smallest absolute Gasteiger partial charge is 0.242 e. The summed E-state index contributed by atoms with van der Waals surface area (Å²) >= 11 is 0. The summed E-state index contributed by atoms with van der Waals surface area (Å²) in [6, 6.07) is 7.43. The summed E-state index contributed by atoms with van der Waals surface area (Å²) in [7, 11) is 0. The number of para-hydroxylation sites is 2. The maximum absolute atomic E-state index is 12.6. The van der Waals surface area contributed by atoms with E-state index in [2.05, 4.69) is 0 Å². The number of amides is 2. The van der Waals surface area contributed by atoms with E-state index in [1.807, 2.05) is 29.2 Å². The van der Waals surface area contributed by atoms with Gasteiger partial charge < -0.3 is 9.64 Å². The molecule has 2 aliphatic heterocycles. The molecule has 0 atom stereocenters. The molecule has 22 heavy (non-hydrogen) atoms. The van der Waals surface area contributed by atoms with Crippen LogP contribution in [-0.4, -0.2) is 43.0 Å². The Morgan fingerprint density at radius 3 is 2.59 bits per heavy atom. The molecule has 1 aromatic carbocycles. The quantitative estimate of drug-likeness (QED) is 0.841. The zero-order valence-corrected chi connectivity index (χ0v) is 12.8. The van der Waals surface area contributed by atoms with Crippen LogP contribution in [0.1, 0.15) is 32.1 Å². The third kappa shape index (κ3) is 3.24. The van der Waals surface area contributed by atoms with Crippen molar-refractivity contribution in [2.75, 3.05) is 31.1 Å². The van der Waals surface area contributed by atoms with Crippen molar-refractivity contribution < 1.29 is 14.3 Å². The van der Waals surface area contributed by atoms with E-state index >= 15 is 0 Å². The van der Waals surface area contributed by atoms with E-state index < -0.39 is 0 Å². The molecule has 5 heteroatoms. The Balaban J connectivity index is 1.77. The molecule has 0 saturated carbocycles. The zero-order chi connectivity index (χ0) is 15.4.